The number of ether oxygens (including phenoxy) is 1. The summed E-state index contributed by atoms with van der Waals surface area (Å²) >= 11 is 0. The predicted octanol–water partition coefficient (Wildman–Crippen LogP) is 3.14. The second kappa shape index (κ2) is 5.38. The highest BCUT2D eigenvalue weighted by Crippen LogP contribution is 2.38. The van der Waals surface area contributed by atoms with Crippen LogP contribution in [0.15, 0.2) is 30.6 Å². The van der Waals surface area contributed by atoms with E-state index < -0.39 is 12.8 Å². The van der Waals surface area contributed by atoms with Crippen LogP contribution in [-0.2, 0) is 6.54 Å². The normalized spacial score (nSPS) is 15.2. The van der Waals surface area contributed by atoms with Crippen LogP contribution < -0.4 is 4.74 Å². The van der Waals surface area contributed by atoms with Crippen molar-refractivity contribution < 1.29 is 17.9 Å². The largest absolute Gasteiger partial charge is 0.468 e. The SMILES string of the molecule is FC(F)(F)COc1ccc(Cn2ccc(C3CC3)n2)cn1. The summed E-state index contributed by atoms with van der Waals surface area (Å²) in [4.78, 5) is 3.87. The smallest absolute Gasteiger partial charge is 0.422 e. The first-order chi connectivity index (χ1) is 9.99. The molecule has 1 saturated carbocycles. The van der Waals surface area contributed by atoms with Gasteiger partial charge in [0.25, 0.3) is 0 Å². The minimum atomic E-state index is -4.35. The van der Waals surface area contributed by atoms with E-state index >= 15 is 0 Å². The molecule has 2 aromatic rings. The van der Waals surface area contributed by atoms with E-state index in [1.165, 1.54) is 25.1 Å². The molecular formula is C14H14F3N3O. The van der Waals surface area contributed by atoms with E-state index in [0.29, 0.717) is 12.5 Å². The summed E-state index contributed by atoms with van der Waals surface area (Å²) in [5.41, 5.74) is 1.97. The number of rotatable bonds is 5. The molecule has 0 unspecified atom stereocenters. The Labute approximate surface area is 119 Å². The van der Waals surface area contributed by atoms with Gasteiger partial charge in [0.05, 0.1) is 12.2 Å². The first-order valence-corrected chi connectivity index (χ1v) is 6.67. The highest BCUT2D eigenvalue weighted by molar-refractivity contribution is 5.19. The summed E-state index contributed by atoms with van der Waals surface area (Å²) in [5, 5.41) is 4.47. The van der Waals surface area contributed by atoms with E-state index in [4.69, 9.17) is 0 Å². The van der Waals surface area contributed by atoms with Gasteiger partial charge in [0, 0.05) is 24.4 Å². The van der Waals surface area contributed by atoms with Crippen LogP contribution in [0.3, 0.4) is 0 Å². The van der Waals surface area contributed by atoms with Crippen LogP contribution in [0.5, 0.6) is 5.88 Å². The molecular weight excluding hydrogens is 283 g/mol. The third-order valence-corrected chi connectivity index (χ3v) is 3.18. The molecule has 7 heteroatoms. The lowest BCUT2D eigenvalue weighted by molar-refractivity contribution is -0.154. The molecule has 0 aliphatic heterocycles. The lowest BCUT2D eigenvalue weighted by Gasteiger charge is -2.08. The molecule has 21 heavy (non-hydrogen) atoms. The highest BCUT2D eigenvalue weighted by Gasteiger charge is 2.28. The van der Waals surface area contributed by atoms with Gasteiger partial charge in [0.2, 0.25) is 5.88 Å². The van der Waals surface area contributed by atoms with Gasteiger partial charge >= 0.3 is 6.18 Å². The van der Waals surface area contributed by atoms with Crippen molar-refractivity contribution in [3.63, 3.8) is 0 Å². The third kappa shape index (κ3) is 3.96. The van der Waals surface area contributed by atoms with E-state index in [9.17, 15) is 13.2 Å². The van der Waals surface area contributed by atoms with Gasteiger partial charge in [-0.25, -0.2) is 4.98 Å². The molecule has 0 radical (unpaired) electrons. The Balaban J connectivity index is 1.58. The van der Waals surface area contributed by atoms with Crippen LogP contribution in [-0.4, -0.2) is 27.5 Å². The van der Waals surface area contributed by atoms with Crippen LogP contribution in [0, 0.1) is 0 Å². The second-order valence-electron chi connectivity index (χ2n) is 5.12. The third-order valence-electron chi connectivity index (χ3n) is 3.18. The van der Waals surface area contributed by atoms with Gasteiger partial charge < -0.3 is 4.74 Å². The zero-order chi connectivity index (χ0) is 14.9. The van der Waals surface area contributed by atoms with Crippen molar-refractivity contribution in [3.8, 4) is 5.88 Å². The van der Waals surface area contributed by atoms with E-state index in [2.05, 4.69) is 14.8 Å². The fourth-order valence-electron chi connectivity index (χ4n) is 1.99. The fourth-order valence-corrected chi connectivity index (χ4v) is 1.99. The van der Waals surface area contributed by atoms with Gasteiger partial charge in [0.15, 0.2) is 6.61 Å². The Kier molecular flexibility index (Phi) is 3.57. The molecule has 1 aliphatic carbocycles. The zero-order valence-corrected chi connectivity index (χ0v) is 11.2. The zero-order valence-electron chi connectivity index (χ0n) is 11.2. The number of hydrogen-bond donors (Lipinski definition) is 0. The van der Waals surface area contributed by atoms with E-state index in [-0.39, 0.29) is 5.88 Å². The van der Waals surface area contributed by atoms with Crippen molar-refractivity contribution in [2.75, 3.05) is 6.61 Å². The number of hydrogen-bond acceptors (Lipinski definition) is 3. The van der Waals surface area contributed by atoms with Gasteiger partial charge in [-0.3, -0.25) is 4.68 Å². The van der Waals surface area contributed by atoms with Gasteiger partial charge in [-0.05, 0) is 24.5 Å². The summed E-state index contributed by atoms with van der Waals surface area (Å²) in [6, 6.07) is 5.13. The van der Waals surface area contributed by atoms with Crippen LogP contribution in [0.25, 0.3) is 0 Å². The van der Waals surface area contributed by atoms with E-state index in [0.717, 1.165) is 11.3 Å². The summed E-state index contributed by atoms with van der Waals surface area (Å²) in [7, 11) is 0. The Morgan fingerprint density at radius 1 is 1.24 bits per heavy atom. The number of pyridine rings is 1. The quantitative estimate of drug-likeness (QED) is 0.851. The molecule has 4 nitrogen and oxygen atoms in total. The standard InChI is InChI=1S/C14H14F3N3O/c15-14(16,17)9-21-13-4-1-10(7-18-13)8-20-6-5-12(19-20)11-2-3-11/h1,4-7,11H,2-3,8-9H2. The molecule has 1 aliphatic rings. The van der Waals surface area contributed by atoms with Crippen molar-refractivity contribution in [3.05, 3.63) is 41.9 Å². The number of halogens is 3. The number of aromatic nitrogens is 3. The second-order valence-corrected chi connectivity index (χ2v) is 5.12. The van der Waals surface area contributed by atoms with Gasteiger partial charge in [-0.1, -0.05) is 6.07 Å². The molecule has 2 heterocycles. The average molecular weight is 297 g/mol. The Morgan fingerprint density at radius 2 is 2.05 bits per heavy atom. The predicted molar refractivity (Wildman–Crippen MR) is 69.1 cm³/mol. The van der Waals surface area contributed by atoms with Gasteiger partial charge in [-0.15, -0.1) is 0 Å². The molecule has 112 valence electrons. The van der Waals surface area contributed by atoms with Crippen molar-refractivity contribution in [2.24, 2.45) is 0 Å². The lowest BCUT2D eigenvalue weighted by Crippen LogP contribution is -2.19. The molecule has 0 saturated heterocycles. The Hall–Kier alpha value is -2.05. The topological polar surface area (TPSA) is 39.9 Å². The Morgan fingerprint density at radius 3 is 2.67 bits per heavy atom. The fraction of sp³-hybridized carbons (Fsp3) is 0.429. The van der Waals surface area contributed by atoms with Gasteiger partial charge in [-0.2, -0.15) is 18.3 Å². The maximum Gasteiger partial charge on any atom is 0.422 e. The minimum Gasteiger partial charge on any atom is -0.468 e. The highest BCUT2D eigenvalue weighted by atomic mass is 19.4. The molecule has 0 aromatic carbocycles. The van der Waals surface area contributed by atoms with E-state index in [1.54, 1.807) is 10.7 Å². The van der Waals surface area contributed by atoms with Crippen LogP contribution in [0.2, 0.25) is 0 Å². The molecule has 0 atom stereocenters. The van der Waals surface area contributed by atoms with Gasteiger partial charge in [0.1, 0.15) is 0 Å². The number of alkyl halides is 3. The molecule has 0 N–H and O–H groups in total. The molecule has 2 aromatic heterocycles. The van der Waals surface area contributed by atoms with Crippen LogP contribution >= 0.6 is 0 Å². The van der Waals surface area contributed by atoms with Crippen molar-refractivity contribution >= 4 is 0 Å². The maximum absolute atomic E-state index is 12.0. The van der Waals surface area contributed by atoms with E-state index in [1.807, 2.05) is 12.3 Å². The summed E-state index contributed by atoms with van der Waals surface area (Å²) in [5.74, 6) is 0.567. The van der Waals surface area contributed by atoms with Crippen LogP contribution in [0.1, 0.15) is 30.0 Å². The maximum atomic E-state index is 12.0. The van der Waals surface area contributed by atoms with Crippen molar-refractivity contribution in [1.82, 2.24) is 14.8 Å². The average Bonchev–Trinajstić information content (AvgIpc) is 3.18. The monoisotopic (exact) mass is 297 g/mol. The first-order valence-electron chi connectivity index (χ1n) is 6.67. The molecule has 0 bridgehead atoms. The van der Waals surface area contributed by atoms with Crippen LogP contribution in [0.4, 0.5) is 13.2 Å². The summed E-state index contributed by atoms with van der Waals surface area (Å²) < 4.78 is 42.4. The van der Waals surface area contributed by atoms with Crippen molar-refractivity contribution in [2.45, 2.75) is 31.5 Å². The van der Waals surface area contributed by atoms with Crippen molar-refractivity contribution in [1.29, 1.82) is 0 Å². The number of nitrogens with zero attached hydrogens (tertiary/aromatic N) is 3. The summed E-state index contributed by atoms with van der Waals surface area (Å²) in [6.07, 6.45) is 1.45. The minimum absolute atomic E-state index is 0.0322. The molecule has 3 rings (SSSR count). The lowest BCUT2D eigenvalue weighted by atomic mass is 10.3. The molecule has 0 spiro atoms. The molecule has 1 fully saturated rings. The Bertz CT molecular complexity index is 603. The summed E-state index contributed by atoms with van der Waals surface area (Å²) in [6.45, 7) is -0.789. The first kappa shape index (κ1) is 13.9. The molecule has 0 amide bonds.